The maximum atomic E-state index is 11.8. The molecule has 0 saturated carbocycles. The number of amides is 2. The third-order valence-electron chi connectivity index (χ3n) is 3.27. The highest BCUT2D eigenvalue weighted by Gasteiger charge is 2.33. The van der Waals surface area contributed by atoms with Gasteiger partial charge in [0.05, 0.1) is 12.1 Å². The fourth-order valence-corrected chi connectivity index (χ4v) is 2.55. The van der Waals surface area contributed by atoms with Gasteiger partial charge in [-0.25, -0.2) is 4.98 Å². The molecule has 0 bridgehead atoms. The van der Waals surface area contributed by atoms with Gasteiger partial charge < -0.3 is 10.6 Å². The average molecular weight is 292 g/mol. The second-order valence-corrected chi connectivity index (χ2v) is 5.30. The highest BCUT2D eigenvalue weighted by atomic mass is 32.1. The van der Waals surface area contributed by atoms with E-state index in [-0.39, 0.29) is 23.3 Å². The summed E-state index contributed by atoms with van der Waals surface area (Å²) in [5.74, 6) is -0.218. The summed E-state index contributed by atoms with van der Waals surface area (Å²) in [6, 6.07) is 1.36. The SMILES string of the molecule is Cc1cc(C)c(C(N)=S)c(N2CC(=O)NC(=O)C2C)n1. The molecule has 1 aromatic heterocycles. The lowest BCUT2D eigenvalue weighted by Crippen LogP contribution is -2.57. The Hall–Kier alpha value is -2.02. The van der Waals surface area contributed by atoms with Gasteiger partial charge in [-0.2, -0.15) is 0 Å². The lowest BCUT2D eigenvalue weighted by atomic mass is 10.1. The Balaban J connectivity index is 2.58. The first-order chi connectivity index (χ1) is 9.31. The Morgan fingerprint density at radius 1 is 1.50 bits per heavy atom. The molecular formula is C13H16N4O2S. The molecule has 6 nitrogen and oxygen atoms in total. The van der Waals surface area contributed by atoms with Crippen LogP contribution >= 0.6 is 12.2 Å². The van der Waals surface area contributed by atoms with E-state index in [2.05, 4.69) is 10.3 Å². The van der Waals surface area contributed by atoms with Gasteiger partial charge in [0.2, 0.25) is 11.8 Å². The molecule has 2 rings (SSSR count). The molecule has 106 valence electrons. The summed E-state index contributed by atoms with van der Waals surface area (Å²) < 4.78 is 0. The van der Waals surface area contributed by atoms with Crippen molar-refractivity contribution in [2.75, 3.05) is 11.4 Å². The van der Waals surface area contributed by atoms with Crippen LogP contribution in [0.1, 0.15) is 23.7 Å². The van der Waals surface area contributed by atoms with Crippen molar-refractivity contribution in [3.05, 3.63) is 22.9 Å². The standard InChI is InChI=1S/C13H16N4O2S/c1-6-4-7(2)15-12(10(6)11(14)20)17-5-9(18)16-13(19)8(17)3/h4,8H,5H2,1-3H3,(H2,14,20)(H,16,18,19). The zero-order chi connectivity index (χ0) is 15.0. The number of carbonyl (C=O) groups is 2. The number of hydrogen-bond acceptors (Lipinski definition) is 5. The second-order valence-electron chi connectivity index (χ2n) is 4.86. The fraction of sp³-hybridized carbons (Fsp3) is 0.385. The maximum Gasteiger partial charge on any atom is 0.249 e. The predicted molar refractivity (Wildman–Crippen MR) is 79.6 cm³/mol. The summed E-state index contributed by atoms with van der Waals surface area (Å²) in [6.45, 7) is 5.49. The van der Waals surface area contributed by atoms with Crippen LogP contribution in [0.15, 0.2) is 6.07 Å². The molecule has 1 aliphatic heterocycles. The summed E-state index contributed by atoms with van der Waals surface area (Å²) in [5.41, 5.74) is 8.04. The quantitative estimate of drug-likeness (QED) is 0.597. The monoisotopic (exact) mass is 292 g/mol. The Labute approximate surface area is 122 Å². The molecule has 0 radical (unpaired) electrons. The van der Waals surface area contributed by atoms with Gasteiger partial charge in [-0.15, -0.1) is 0 Å². The van der Waals surface area contributed by atoms with Crippen molar-refractivity contribution in [3.63, 3.8) is 0 Å². The molecule has 2 heterocycles. The molecule has 0 aromatic carbocycles. The van der Waals surface area contributed by atoms with Crippen LogP contribution in [0.4, 0.5) is 5.82 Å². The van der Waals surface area contributed by atoms with Crippen LogP contribution in [-0.2, 0) is 9.59 Å². The molecule has 1 aromatic rings. The van der Waals surface area contributed by atoms with E-state index in [1.165, 1.54) is 0 Å². The third-order valence-corrected chi connectivity index (χ3v) is 3.47. The molecule has 1 unspecified atom stereocenters. The minimum Gasteiger partial charge on any atom is -0.389 e. The molecule has 1 saturated heterocycles. The Morgan fingerprint density at radius 2 is 2.15 bits per heavy atom. The number of piperazine rings is 1. The van der Waals surface area contributed by atoms with E-state index in [0.29, 0.717) is 11.4 Å². The van der Waals surface area contributed by atoms with Gasteiger partial charge >= 0.3 is 0 Å². The van der Waals surface area contributed by atoms with E-state index in [4.69, 9.17) is 18.0 Å². The van der Waals surface area contributed by atoms with Crippen molar-refractivity contribution in [1.29, 1.82) is 0 Å². The van der Waals surface area contributed by atoms with Crippen molar-refractivity contribution in [3.8, 4) is 0 Å². The number of rotatable bonds is 2. The van der Waals surface area contributed by atoms with Gasteiger partial charge in [-0.1, -0.05) is 12.2 Å². The molecule has 1 atom stereocenters. The lowest BCUT2D eigenvalue weighted by Gasteiger charge is -2.34. The number of aromatic nitrogens is 1. The van der Waals surface area contributed by atoms with E-state index in [0.717, 1.165) is 11.3 Å². The van der Waals surface area contributed by atoms with Crippen LogP contribution in [0.3, 0.4) is 0 Å². The predicted octanol–water partition coefficient (Wildman–Crippen LogP) is 0.184. The van der Waals surface area contributed by atoms with Gasteiger partial charge in [0.25, 0.3) is 0 Å². The number of nitrogens with one attached hydrogen (secondary N) is 1. The zero-order valence-electron chi connectivity index (χ0n) is 11.6. The van der Waals surface area contributed by atoms with Crippen LogP contribution in [0, 0.1) is 13.8 Å². The summed E-state index contributed by atoms with van der Waals surface area (Å²) in [7, 11) is 0. The number of anilines is 1. The number of imide groups is 1. The summed E-state index contributed by atoms with van der Waals surface area (Å²) in [5, 5.41) is 2.30. The summed E-state index contributed by atoms with van der Waals surface area (Å²) in [4.78, 5) is 29.6. The lowest BCUT2D eigenvalue weighted by molar-refractivity contribution is -0.132. The van der Waals surface area contributed by atoms with E-state index >= 15 is 0 Å². The largest absolute Gasteiger partial charge is 0.389 e. The van der Waals surface area contributed by atoms with Crippen LogP contribution in [-0.4, -0.2) is 34.4 Å². The molecule has 20 heavy (non-hydrogen) atoms. The van der Waals surface area contributed by atoms with Crippen LogP contribution in [0.25, 0.3) is 0 Å². The first kappa shape index (κ1) is 14.4. The number of carbonyl (C=O) groups excluding carboxylic acids is 2. The van der Waals surface area contributed by atoms with E-state index in [1.54, 1.807) is 11.8 Å². The summed E-state index contributed by atoms with van der Waals surface area (Å²) in [6.07, 6.45) is 0. The molecule has 2 amide bonds. The molecule has 7 heteroatoms. The molecule has 1 fully saturated rings. The molecule has 0 spiro atoms. The maximum absolute atomic E-state index is 11.8. The average Bonchev–Trinajstić information content (AvgIpc) is 2.32. The Kier molecular flexibility index (Phi) is 3.71. The van der Waals surface area contributed by atoms with E-state index in [1.807, 2.05) is 19.9 Å². The minimum absolute atomic E-state index is 0.0540. The number of nitrogens with zero attached hydrogens (tertiary/aromatic N) is 2. The van der Waals surface area contributed by atoms with Crippen molar-refractivity contribution in [2.24, 2.45) is 5.73 Å². The number of hydrogen-bond donors (Lipinski definition) is 2. The first-order valence-electron chi connectivity index (χ1n) is 6.19. The van der Waals surface area contributed by atoms with E-state index in [9.17, 15) is 9.59 Å². The van der Waals surface area contributed by atoms with Crippen molar-refractivity contribution in [1.82, 2.24) is 10.3 Å². The highest BCUT2D eigenvalue weighted by molar-refractivity contribution is 7.80. The normalized spacial score (nSPS) is 18.9. The van der Waals surface area contributed by atoms with Gasteiger partial charge in [-0.3, -0.25) is 14.9 Å². The summed E-state index contributed by atoms with van der Waals surface area (Å²) >= 11 is 5.07. The van der Waals surface area contributed by atoms with Gasteiger partial charge in [0.15, 0.2) is 0 Å². The van der Waals surface area contributed by atoms with Crippen LogP contribution in [0.2, 0.25) is 0 Å². The Bertz CT molecular complexity index is 615. The molecule has 1 aliphatic rings. The number of pyridine rings is 1. The number of nitrogens with two attached hydrogens (primary N) is 1. The highest BCUT2D eigenvalue weighted by Crippen LogP contribution is 2.25. The topological polar surface area (TPSA) is 88.3 Å². The van der Waals surface area contributed by atoms with Gasteiger partial charge in [0.1, 0.15) is 16.8 Å². The van der Waals surface area contributed by atoms with E-state index < -0.39 is 6.04 Å². The molecule has 3 N–H and O–H groups in total. The van der Waals surface area contributed by atoms with Crippen LogP contribution in [0.5, 0.6) is 0 Å². The molecule has 0 aliphatic carbocycles. The second kappa shape index (κ2) is 5.16. The number of thiocarbonyl (C=S) groups is 1. The first-order valence-corrected chi connectivity index (χ1v) is 6.60. The fourth-order valence-electron chi connectivity index (χ4n) is 2.30. The molecular weight excluding hydrogens is 276 g/mol. The zero-order valence-corrected chi connectivity index (χ0v) is 12.4. The Morgan fingerprint density at radius 3 is 2.75 bits per heavy atom. The van der Waals surface area contributed by atoms with Gasteiger partial charge in [-0.05, 0) is 32.4 Å². The van der Waals surface area contributed by atoms with Crippen molar-refractivity contribution >= 4 is 34.8 Å². The smallest absolute Gasteiger partial charge is 0.249 e. The minimum atomic E-state index is -0.505. The van der Waals surface area contributed by atoms with Crippen molar-refractivity contribution in [2.45, 2.75) is 26.8 Å². The van der Waals surface area contributed by atoms with Gasteiger partial charge in [0, 0.05) is 5.69 Å². The number of aryl methyl sites for hydroxylation is 2. The third kappa shape index (κ3) is 2.49. The van der Waals surface area contributed by atoms with Crippen molar-refractivity contribution < 1.29 is 9.59 Å². The van der Waals surface area contributed by atoms with Crippen LogP contribution < -0.4 is 16.0 Å².